The van der Waals surface area contributed by atoms with E-state index in [1.807, 2.05) is 0 Å². The Bertz CT molecular complexity index is 99.1. The molecule has 5 heteroatoms. The minimum absolute atomic E-state index is 0.00823. The lowest BCUT2D eigenvalue weighted by molar-refractivity contribution is -0.117. The maximum absolute atomic E-state index is 9.89. The Balaban J connectivity index is 3.18. The van der Waals surface area contributed by atoms with Gasteiger partial charge in [-0.2, -0.15) is 4.89 Å². The molecular formula is C3H7NO3P+. The molecule has 1 amide bonds. The Morgan fingerprint density at radius 2 is 2.25 bits per heavy atom. The van der Waals surface area contributed by atoms with E-state index in [9.17, 15) is 9.36 Å². The molecule has 46 valence electrons. The van der Waals surface area contributed by atoms with Gasteiger partial charge in [-0.3, -0.25) is 4.79 Å². The lowest BCUT2D eigenvalue weighted by atomic mass is 10.5. The summed E-state index contributed by atoms with van der Waals surface area (Å²) < 4.78 is 9.84. The van der Waals surface area contributed by atoms with E-state index in [-0.39, 0.29) is 12.6 Å². The summed E-state index contributed by atoms with van der Waals surface area (Å²) in [5.74, 6) is -0.539. The number of carbonyl (C=O) groups excluding carboxylic acids is 1. The maximum Gasteiger partial charge on any atom is 0.505 e. The first-order valence-corrected chi connectivity index (χ1v) is 3.44. The summed E-state index contributed by atoms with van der Waals surface area (Å²) in [6, 6.07) is 0. The molecule has 0 heterocycles. The highest BCUT2D eigenvalue weighted by Gasteiger charge is 2.10. The molecule has 0 aliphatic rings. The Kier molecular flexibility index (Phi) is 3.31. The fourth-order valence-electron chi connectivity index (χ4n) is 0.206. The highest BCUT2D eigenvalue weighted by Crippen LogP contribution is 2.12. The Morgan fingerprint density at radius 3 is 2.38 bits per heavy atom. The summed E-state index contributed by atoms with van der Waals surface area (Å²) in [5.41, 5.74) is 4.66. The van der Waals surface area contributed by atoms with Gasteiger partial charge in [-0.1, -0.05) is 0 Å². The second kappa shape index (κ2) is 3.52. The fraction of sp³-hybridized carbons (Fsp3) is 0.667. The molecule has 0 spiro atoms. The minimum Gasteiger partial charge on any atom is -0.370 e. The Hall–Kier alpha value is -0.470. The van der Waals surface area contributed by atoms with Gasteiger partial charge in [-0.15, -0.1) is 0 Å². The largest absolute Gasteiger partial charge is 0.505 e. The van der Waals surface area contributed by atoms with Crippen molar-refractivity contribution >= 4 is 13.9 Å². The standard InChI is InChI=1S/C3H6NO3P/c4-3(5)1-2-8(6)7/h1-2H2,(H2-,4,5,6,7)/p+1. The molecule has 4 nitrogen and oxygen atoms in total. The smallest absolute Gasteiger partial charge is 0.370 e. The van der Waals surface area contributed by atoms with Gasteiger partial charge in [-0.05, 0) is 4.57 Å². The van der Waals surface area contributed by atoms with Crippen LogP contribution in [0.15, 0.2) is 0 Å². The van der Waals surface area contributed by atoms with E-state index in [0.29, 0.717) is 0 Å². The number of amides is 1. The number of rotatable bonds is 3. The summed E-state index contributed by atoms with van der Waals surface area (Å²) >= 11 is 0. The maximum atomic E-state index is 9.89. The van der Waals surface area contributed by atoms with E-state index in [1.54, 1.807) is 0 Å². The zero-order valence-electron chi connectivity index (χ0n) is 4.20. The lowest BCUT2D eigenvalue weighted by Gasteiger charge is -1.78. The molecule has 1 unspecified atom stereocenters. The summed E-state index contributed by atoms with van der Waals surface area (Å²) in [5, 5.41) is 0. The van der Waals surface area contributed by atoms with E-state index in [0.717, 1.165) is 0 Å². The molecule has 0 saturated carbocycles. The zero-order chi connectivity index (χ0) is 6.57. The van der Waals surface area contributed by atoms with Crippen molar-refractivity contribution in [3.8, 4) is 0 Å². The van der Waals surface area contributed by atoms with Crippen molar-refractivity contribution in [2.75, 3.05) is 6.16 Å². The minimum atomic E-state index is -2.18. The van der Waals surface area contributed by atoms with E-state index in [4.69, 9.17) is 4.89 Å². The molecule has 0 rings (SSSR count). The summed E-state index contributed by atoms with van der Waals surface area (Å²) in [7, 11) is -2.18. The van der Waals surface area contributed by atoms with Crippen molar-refractivity contribution in [3.05, 3.63) is 0 Å². The number of hydrogen-bond donors (Lipinski definition) is 2. The van der Waals surface area contributed by atoms with Gasteiger partial charge in [0, 0.05) is 0 Å². The van der Waals surface area contributed by atoms with Crippen LogP contribution in [-0.4, -0.2) is 17.0 Å². The van der Waals surface area contributed by atoms with Crippen LogP contribution >= 0.6 is 8.03 Å². The van der Waals surface area contributed by atoms with Crippen molar-refractivity contribution in [2.24, 2.45) is 5.73 Å². The van der Waals surface area contributed by atoms with Crippen LogP contribution in [0.25, 0.3) is 0 Å². The number of carbonyl (C=O) groups is 1. The third-order valence-corrected chi connectivity index (χ3v) is 1.16. The first-order valence-electron chi connectivity index (χ1n) is 2.05. The van der Waals surface area contributed by atoms with Crippen molar-refractivity contribution in [2.45, 2.75) is 6.42 Å². The topological polar surface area (TPSA) is 80.4 Å². The van der Waals surface area contributed by atoms with Crippen molar-refractivity contribution in [3.63, 3.8) is 0 Å². The predicted molar refractivity (Wildman–Crippen MR) is 28.5 cm³/mol. The number of hydrogen-bond acceptors (Lipinski definition) is 2. The van der Waals surface area contributed by atoms with Crippen LogP contribution in [0.2, 0.25) is 0 Å². The molecule has 1 atom stereocenters. The molecule has 0 aliphatic heterocycles. The predicted octanol–water partition coefficient (Wildman–Crippen LogP) is -0.404. The molecule has 8 heavy (non-hydrogen) atoms. The monoisotopic (exact) mass is 136 g/mol. The normalized spacial score (nSPS) is 10.9. The molecule has 0 aliphatic carbocycles. The van der Waals surface area contributed by atoms with Crippen LogP contribution in [-0.2, 0) is 9.36 Å². The highest BCUT2D eigenvalue weighted by atomic mass is 31.1. The van der Waals surface area contributed by atoms with Crippen LogP contribution in [0.1, 0.15) is 6.42 Å². The van der Waals surface area contributed by atoms with E-state index >= 15 is 0 Å². The Morgan fingerprint density at radius 1 is 1.75 bits per heavy atom. The van der Waals surface area contributed by atoms with Gasteiger partial charge in [0.05, 0.1) is 6.42 Å². The molecule has 0 aromatic carbocycles. The van der Waals surface area contributed by atoms with Crippen molar-refractivity contribution in [1.82, 2.24) is 0 Å². The molecule has 0 bridgehead atoms. The van der Waals surface area contributed by atoms with Crippen molar-refractivity contribution in [1.29, 1.82) is 0 Å². The molecule has 0 fully saturated rings. The van der Waals surface area contributed by atoms with Gasteiger partial charge >= 0.3 is 8.03 Å². The summed E-state index contributed by atoms with van der Waals surface area (Å²) in [6.45, 7) is 0. The SMILES string of the molecule is NC(=O)CC[P+](=O)O. The van der Waals surface area contributed by atoms with Crippen LogP contribution in [0, 0.1) is 0 Å². The van der Waals surface area contributed by atoms with Crippen LogP contribution in [0.4, 0.5) is 0 Å². The van der Waals surface area contributed by atoms with E-state index < -0.39 is 13.9 Å². The average molecular weight is 136 g/mol. The fourth-order valence-corrected chi connectivity index (χ4v) is 0.618. The van der Waals surface area contributed by atoms with Gasteiger partial charge in [0.2, 0.25) is 5.91 Å². The van der Waals surface area contributed by atoms with Gasteiger partial charge in [-0.25, -0.2) is 0 Å². The molecule has 0 radical (unpaired) electrons. The quantitative estimate of drug-likeness (QED) is 0.518. The molecular weight excluding hydrogens is 129 g/mol. The van der Waals surface area contributed by atoms with Crippen LogP contribution in [0.3, 0.4) is 0 Å². The molecule has 0 aromatic heterocycles. The summed E-state index contributed by atoms with van der Waals surface area (Å²) in [6.07, 6.45) is -0.0314. The third kappa shape index (κ3) is 5.53. The van der Waals surface area contributed by atoms with Gasteiger partial charge in [0.1, 0.15) is 0 Å². The van der Waals surface area contributed by atoms with Crippen LogP contribution < -0.4 is 5.73 Å². The zero-order valence-corrected chi connectivity index (χ0v) is 5.10. The van der Waals surface area contributed by atoms with Gasteiger partial charge in [0.15, 0.2) is 6.16 Å². The Labute approximate surface area is 47.6 Å². The highest BCUT2D eigenvalue weighted by molar-refractivity contribution is 7.38. The molecule has 0 aromatic rings. The second-order valence-electron chi connectivity index (χ2n) is 1.29. The van der Waals surface area contributed by atoms with E-state index in [2.05, 4.69) is 5.73 Å². The van der Waals surface area contributed by atoms with Gasteiger partial charge < -0.3 is 5.73 Å². The lowest BCUT2D eigenvalue weighted by Crippen LogP contribution is -2.10. The average Bonchev–Trinajstić information content (AvgIpc) is 1.61. The van der Waals surface area contributed by atoms with Crippen LogP contribution in [0.5, 0.6) is 0 Å². The molecule has 0 saturated heterocycles. The van der Waals surface area contributed by atoms with E-state index in [1.165, 1.54) is 0 Å². The first-order chi connectivity index (χ1) is 3.63. The second-order valence-corrected chi connectivity index (χ2v) is 2.44. The third-order valence-electron chi connectivity index (χ3n) is 0.549. The molecule has 3 N–H and O–H groups in total. The number of nitrogens with two attached hydrogens (primary N) is 1. The van der Waals surface area contributed by atoms with Crippen molar-refractivity contribution < 1.29 is 14.3 Å². The first kappa shape index (κ1) is 7.53. The summed E-state index contributed by atoms with van der Waals surface area (Å²) in [4.78, 5) is 18.0. The van der Waals surface area contributed by atoms with Gasteiger partial charge in [0.25, 0.3) is 0 Å². The number of primary amides is 1.